The highest BCUT2D eigenvalue weighted by Gasteiger charge is 2.14. The second kappa shape index (κ2) is 5.75. The van der Waals surface area contributed by atoms with Crippen molar-refractivity contribution >= 4 is 34.8 Å². The Labute approximate surface area is 118 Å². The van der Waals surface area contributed by atoms with Crippen LogP contribution in [0.25, 0.3) is 0 Å². The first-order valence-corrected chi connectivity index (χ1v) is 5.96. The fourth-order valence-corrected chi connectivity index (χ4v) is 1.74. The molecule has 2 rings (SSSR count). The van der Waals surface area contributed by atoms with E-state index in [9.17, 15) is 14.0 Å². The Hall–Kier alpha value is -2.34. The minimum absolute atomic E-state index is 0.0198. The summed E-state index contributed by atoms with van der Waals surface area (Å²) in [6.07, 6.45) is 1.28. The van der Waals surface area contributed by atoms with Crippen molar-refractivity contribution in [2.45, 2.75) is 6.92 Å². The molecule has 1 aromatic heterocycles. The van der Waals surface area contributed by atoms with Gasteiger partial charge in [-0.3, -0.25) is 9.59 Å². The maximum absolute atomic E-state index is 13.4. The van der Waals surface area contributed by atoms with E-state index < -0.39 is 17.6 Å². The van der Waals surface area contributed by atoms with E-state index in [0.717, 1.165) is 6.07 Å². The molecule has 7 heteroatoms. The fourth-order valence-electron chi connectivity index (χ4n) is 1.54. The topological polar surface area (TPSA) is 71.3 Å². The van der Waals surface area contributed by atoms with E-state index in [1.165, 1.54) is 31.4 Å². The Bertz CT molecular complexity index is 669. The van der Waals surface area contributed by atoms with Crippen LogP contribution in [0.4, 0.5) is 15.8 Å². The van der Waals surface area contributed by atoms with Crippen LogP contribution in [0.3, 0.4) is 0 Å². The summed E-state index contributed by atoms with van der Waals surface area (Å²) in [7, 11) is 0. The molecular formula is C13H10ClFN2O3. The predicted octanol–water partition coefficient (Wildman–Crippen LogP) is 3.28. The number of rotatable bonds is 3. The van der Waals surface area contributed by atoms with E-state index in [1.807, 2.05) is 0 Å². The molecule has 0 spiro atoms. The first kappa shape index (κ1) is 14.1. The Morgan fingerprint density at radius 3 is 2.60 bits per heavy atom. The lowest BCUT2D eigenvalue weighted by Crippen LogP contribution is -2.13. The van der Waals surface area contributed by atoms with Crippen LogP contribution in [0, 0.1) is 5.82 Å². The number of carbonyl (C=O) groups is 2. The van der Waals surface area contributed by atoms with E-state index in [2.05, 4.69) is 10.6 Å². The molecule has 0 bridgehead atoms. The molecule has 5 nitrogen and oxygen atoms in total. The standard InChI is InChI=1S/C13H10ClFN2O3/c1-7(18)16-11-6-8(2-3-10(11)15)17-13(19)9-4-5-20-12(9)14/h2-6H,1H3,(H,16,18)(H,17,19). The molecule has 0 aliphatic heterocycles. The van der Waals surface area contributed by atoms with E-state index in [-0.39, 0.29) is 16.5 Å². The van der Waals surface area contributed by atoms with Crippen LogP contribution in [0.15, 0.2) is 34.9 Å². The van der Waals surface area contributed by atoms with Crippen molar-refractivity contribution in [3.05, 3.63) is 47.1 Å². The number of halogens is 2. The van der Waals surface area contributed by atoms with Crippen LogP contribution < -0.4 is 10.6 Å². The average Bonchev–Trinajstić information content (AvgIpc) is 2.79. The van der Waals surface area contributed by atoms with Gasteiger partial charge in [-0.15, -0.1) is 0 Å². The highest BCUT2D eigenvalue weighted by Crippen LogP contribution is 2.22. The number of hydrogen-bond acceptors (Lipinski definition) is 3. The van der Waals surface area contributed by atoms with Gasteiger partial charge in [0, 0.05) is 12.6 Å². The number of benzene rings is 1. The molecule has 1 heterocycles. The van der Waals surface area contributed by atoms with Crippen LogP contribution in [0.5, 0.6) is 0 Å². The Morgan fingerprint density at radius 2 is 2.00 bits per heavy atom. The molecule has 2 aromatic rings. The quantitative estimate of drug-likeness (QED) is 0.913. The Morgan fingerprint density at radius 1 is 1.25 bits per heavy atom. The summed E-state index contributed by atoms with van der Waals surface area (Å²) in [5.74, 6) is -1.51. The van der Waals surface area contributed by atoms with Crippen LogP contribution in [0.1, 0.15) is 17.3 Å². The van der Waals surface area contributed by atoms with E-state index in [4.69, 9.17) is 16.0 Å². The highest BCUT2D eigenvalue weighted by molar-refractivity contribution is 6.32. The van der Waals surface area contributed by atoms with Crippen molar-refractivity contribution in [2.24, 2.45) is 0 Å². The largest absolute Gasteiger partial charge is 0.452 e. The average molecular weight is 297 g/mol. The molecule has 0 unspecified atom stereocenters. The minimum Gasteiger partial charge on any atom is -0.452 e. The number of carbonyl (C=O) groups excluding carboxylic acids is 2. The van der Waals surface area contributed by atoms with E-state index in [1.54, 1.807) is 0 Å². The molecule has 2 amide bonds. The lowest BCUT2D eigenvalue weighted by molar-refractivity contribution is -0.114. The fraction of sp³-hybridized carbons (Fsp3) is 0.0769. The summed E-state index contributed by atoms with van der Waals surface area (Å²) < 4.78 is 18.2. The molecule has 0 saturated heterocycles. The summed E-state index contributed by atoms with van der Waals surface area (Å²) in [6.45, 7) is 1.26. The van der Waals surface area contributed by atoms with Crippen molar-refractivity contribution in [1.82, 2.24) is 0 Å². The van der Waals surface area contributed by atoms with E-state index in [0.29, 0.717) is 5.69 Å². The highest BCUT2D eigenvalue weighted by atomic mass is 35.5. The first-order chi connectivity index (χ1) is 9.47. The van der Waals surface area contributed by atoms with Gasteiger partial charge in [-0.2, -0.15) is 0 Å². The van der Waals surface area contributed by atoms with Gasteiger partial charge in [0.2, 0.25) is 11.1 Å². The zero-order chi connectivity index (χ0) is 14.7. The second-order valence-electron chi connectivity index (χ2n) is 3.94. The van der Waals surface area contributed by atoms with Gasteiger partial charge in [-0.05, 0) is 35.9 Å². The van der Waals surface area contributed by atoms with Gasteiger partial charge < -0.3 is 15.1 Å². The maximum Gasteiger partial charge on any atom is 0.260 e. The lowest BCUT2D eigenvalue weighted by Gasteiger charge is -2.08. The summed E-state index contributed by atoms with van der Waals surface area (Å²) in [5.41, 5.74) is 0.461. The van der Waals surface area contributed by atoms with Crippen molar-refractivity contribution < 1.29 is 18.4 Å². The van der Waals surface area contributed by atoms with Gasteiger partial charge in [-0.25, -0.2) is 4.39 Å². The molecule has 0 radical (unpaired) electrons. The number of amides is 2. The van der Waals surface area contributed by atoms with Crippen molar-refractivity contribution in [3.8, 4) is 0 Å². The Balaban J connectivity index is 2.20. The molecule has 0 aliphatic carbocycles. The first-order valence-electron chi connectivity index (χ1n) is 5.59. The summed E-state index contributed by atoms with van der Waals surface area (Å²) in [6, 6.07) is 5.23. The smallest absolute Gasteiger partial charge is 0.260 e. The maximum atomic E-state index is 13.4. The van der Waals surface area contributed by atoms with Crippen molar-refractivity contribution in [3.63, 3.8) is 0 Å². The molecule has 20 heavy (non-hydrogen) atoms. The van der Waals surface area contributed by atoms with Gasteiger partial charge in [-0.1, -0.05) is 0 Å². The number of furan rings is 1. The molecule has 0 saturated carbocycles. The zero-order valence-electron chi connectivity index (χ0n) is 10.4. The van der Waals surface area contributed by atoms with Crippen LogP contribution in [-0.2, 0) is 4.79 Å². The van der Waals surface area contributed by atoms with Crippen molar-refractivity contribution in [1.29, 1.82) is 0 Å². The van der Waals surface area contributed by atoms with Crippen LogP contribution in [0.2, 0.25) is 5.22 Å². The molecule has 2 N–H and O–H groups in total. The zero-order valence-corrected chi connectivity index (χ0v) is 11.1. The monoisotopic (exact) mass is 296 g/mol. The number of nitrogens with one attached hydrogen (secondary N) is 2. The third-order valence-corrected chi connectivity index (χ3v) is 2.69. The third kappa shape index (κ3) is 3.16. The number of hydrogen-bond donors (Lipinski definition) is 2. The van der Waals surface area contributed by atoms with Gasteiger partial charge >= 0.3 is 0 Å². The molecule has 1 aromatic carbocycles. The predicted molar refractivity (Wildman–Crippen MR) is 72.4 cm³/mol. The SMILES string of the molecule is CC(=O)Nc1cc(NC(=O)c2ccoc2Cl)ccc1F. The lowest BCUT2D eigenvalue weighted by atomic mass is 10.2. The van der Waals surface area contributed by atoms with E-state index >= 15 is 0 Å². The molecule has 0 aliphatic rings. The second-order valence-corrected chi connectivity index (χ2v) is 4.28. The summed E-state index contributed by atoms with van der Waals surface area (Å²) in [4.78, 5) is 22.8. The summed E-state index contributed by atoms with van der Waals surface area (Å²) >= 11 is 5.68. The third-order valence-electron chi connectivity index (χ3n) is 2.40. The van der Waals surface area contributed by atoms with Gasteiger partial charge in [0.25, 0.3) is 5.91 Å². The molecule has 0 fully saturated rings. The summed E-state index contributed by atoms with van der Waals surface area (Å²) in [5, 5.41) is 4.81. The number of anilines is 2. The molecular weight excluding hydrogens is 287 g/mol. The molecule has 104 valence electrons. The molecule has 0 atom stereocenters. The Kier molecular flexibility index (Phi) is 4.05. The van der Waals surface area contributed by atoms with Crippen LogP contribution in [-0.4, -0.2) is 11.8 Å². The van der Waals surface area contributed by atoms with Gasteiger partial charge in [0.1, 0.15) is 5.82 Å². The van der Waals surface area contributed by atoms with Gasteiger partial charge in [0.05, 0.1) is 17.5 Å². The normalized spacial score (nSPS) is 10.2. The van der Waals surface area contributed by atoms with Crippen molar-refractivity contribution in [2.75, 3.05) is 10.6 Å². The minimum atomic E-state index is -0.598. The van der Waals surface area contributed by atoms with Crippen LogP contribution >= 0.6 is 11.6 Å². The van der Waals surface area contributed by atoms with Gasteiger partial charge in [0.15, 0.2) is 0 Å².